The van der Waals surface area contributed by atoms with Crippen LogP contribution in [0.15, 0.2) is 40.2 Å². The van der Waals surface area contributed by atoms with E-state index >= 15 is 0 Å². The van der Waals surface area contributed by atoms with Gasteiger partial charge in [-0.25, -0.2) is 0 Å². The van der Waals surface area contributed by atoms with E-state index in [1.54, 1.807) is 13.0 Å². The van der Waals surface area contributed by atoms with Crippen LogP contribution in [-0.4, -0.2) is 43.1 Å². The predicted molar refractivity (Wildman–Crippen MR) is 145 cm³/mol. The van der Waals surface area contributed by atoms with E-state index in [0.29, 0.717) is 12.3 Å². The van der Waals surface area contributed by atoms with Gasteiger partial charge in [-0.2, -0.15) is 0 Å². The van der Waals surface area contributed by atoms with Crippen molar-refractivity contribution in [1.29, 1.82) is 0 Å². The molecule has 7 nitrogen and oxygen atoms in total. The summed E-state index contributed by atoms with van der Waals surface area (Å²) < 4.78 is 24.0. The molecule has 2 heterocycles. The zero-order valence-electron chi connectivity index (χ0n) is 24.4. The Kier molecular flexibility index (Phi) is 6.97. The first-order valence-corrected chi connectivity index (χ1v) is 14.3. The van der Waals surface area contributed by atoms with Crippen molar-refractivity contribution in [1.82, 2.24) is 0 Å². The number of fused-ring (bicyclic) bond motifs is 4. The molecule has 9 atom stereocenters. The van der Waals surface area contributed by atoms with Crippen LogP contribution in [0.3, 0.4) is 0 Å². The lowest BCUT2D eigenvalue weighted by Crippen LogP contribution is -2.67. The van der Waals surface area contributed by atoms with E-state index in [0.717, 1.165) is 17.6 Å². The molecule has 0 spiro atoms. The van der Waals surface area contributed by atoms with Crippen LogP contribution in [0.1, 0.15) is 90.7 Å². The van der Waals surface area contributed by atoms with Gasteiger partial charge in [0, 0.05) is 34.7 Å². The molecule has 39 heavy (non-hydrogen) atoms. The first-order valence-electron chi connectivity index (χ1n) is 14.3. The summed E-state index contributed by atoms with van der Waals surface area (Å²) in [5.74, 6) is -1.57. The molecule has 5 rings (SSSR count). The Labute approximate surface area is 231 Å². The van der Waals surface area contributed by atoms with Crippen LogP contribution in [0.2, 0.25) is 0 Å². The number of hydrogen-bond acceptors (Lipinski definition) is 7. The smallest absolute Gasteiger partial charge is 0.308 e. The molecule has 2 fully saturated rings. The average molecular weight is 539 g/mol. The Morgan fingerprint density at radius 1 is 1.15 bits per heavy atom. The van der Waals surface area contributed by atoms with E-state index in [1.807, 2.05) is 32.4 Å². The van der Waals surface area contributed by atoms with Crippen LogP contribution in [0.25, 0.3) is 0 Å². The van der Waals surface area contributed by atoms with E-state index in [4.69, 9.17) is 18.6 Å². The highest BCUT2D eigenvalue weighted by molar-refractivity contribution is 5.97. The van der Waals surface area contributed by atoms with Gasteiger partial charge in [-0.1, -0.05) is 53.2 Å². The van der Waals surface area contributed by atoms with Gasteiger partial charge in [0.25, 0.3) is 0 Å². The van der Waals surface area contributed by atoms with Crippen molar-refractivity contribution in [2.45, 2.75) is 97.9 Å². The van der Waals surface area contributed by atoms with Crippen LogP contribution in [-0.2, 0) is 28.6 Å². The summed E-state index contributed by atoms with van der Waals surface area (Å²) in [7, 11) is 1.39. The Bertz CT molecular complexity index is 1240. The van der Waals surface area contributed by atoms with Gasteiger partial charge < -0.3 is 18.6 Å². The number of hydrogen-bond donors (Lipinski definition) is 0. The van der Waals surface area contributed by atoms with Gasteiger partial charge in [-0.3, -0.25) is 14.4 Å². The first kappa shape index (κ1) is 27.9. The largest absolute Gasteiger partial charge is 0.472 e. The minimum atomic E-state index is -0.950. The van der Waals surface area contributed by atoms with Crippen LogP contribution < -0.4 is 0 Å². The van der Waals surface area contributed by atoms with Crippen LogP contribution in [0.5, 0.6) is 0 Å². The molecule has 0 bridgehead atoms. The SMILES string of the molecule is CCC(=O)O[C@@H]1[C@H]2CC=CC(=O)[C@]2(C)[C@@H](C(C)C(=O)OC)[C@]2(C)C3=C(C)[C@H](c4cocc4C(C)C)C[C@H]3O[C@H]12. The molecule has 0 radical (unpaired) electrons. The number of rotatable bonds is 6. The number of carbonyl (C=O) groups is 3. The number of carbonyl (C=O) groups excluding carboxylic acids is 3. The van der Waals surface area contributed by atoms with E-state index in [1.165, 1.54) is 18.2 Å². The van der Waals surface area contributed by atoms with E-state index in [2.05, 4.69) is 27.7 Å². The second kappa shape index (κ2) is 9.76. The zero-order chi connectivity index (χ0) is 28.4. The summed E-state index contributed by atoms with van der Waals surface area (Å²) in [5, 5.41) is 0. The lowest BCUT2D eigenvalue weighted by Gasteiger charge is -2.60. The molecular formula is C32H42O7. The summed E-state index contributed by atoms with van der Waals surface area (Å²) in [6, 6.07) is 0. The van der Waals surface area contributed by atoms with Crippen LogP contribution in [0.4, 0.5) is 0 Å². The molecule has 1 aromatic rings. The third-order valence-electron chi connectivity index (χ3n) is 10.5. The third kappa shape index (κ3) is 3.82. The van der Waals surface area contributed by atoms with Crippen LogP contribution in [0, 0.1) is 28.6 Å². The molecule has 1 aliphatic heterocycles. The second-order valence-corrected chi connectivity index (χ2v) is 12.6. The molecule has 0 aromatic carbocycles. The molecule has 1 aromatic heterocycles. The Morgan fingerprint density at radius 3 is 2.51 bits per heavy atom. The lowest BCUT2D eigenvalue weighted by molar-refractivity contribution is -0.215. The Hall–Kier alpha value is -2.67. The highest BCUT2D eigenvalue weighted by atomic mass is 16.6. The van der Waals surface area contributed by atoms with E-state index in [9.17, 15) is 14.4 Å². The zero-order valence-corrected chi connectivity index (χ0v) is 24.4. The quantitative estimate of drug-likeness (QED) is 0.329. The van der Waals surface area contributed by atoms with Gasteiger partial charge in [-0.05, 0) is 48.8 Å². The predicted octanol–water partition coefficient (Wildman–Crippen LogP) is 5.89. The standard InChI is InChI=1S/C32H42O7/c1-9-25(34)39-27-22-11-10-12-24(33)31(22,6)28(18(5)30(35)36-8)32(7)26-17(4)19(13-23(26)38-29(27)32)21-15-37-14-20(21)16(2)3/h10,12,14-16,18-19,22-23,27-29H,9,11,13H2,1-8H3/t18?,19-,22-,23-,27-,28-,29-,31-,32+/m1/s1. The van der Waals surface area contributed by atoms with Crippen LogP contribution >= 0.6 is 0 Å². The molecule has 0 N–H and O–H groups in total. The van der Waals surface area contributed by atoms with E-state index < -0.39 is 34.9 Å². The van der Waals surface area contributed by atoms with Gasteiger partial charge >= 0.3 is 11.9 Å². The molecule has 212 valence electrons. The van der Waals surface area contributed by atoms with Crippen molar-refractivity contribution in [2.75, 3.05) is 7.11 Å². The minimum Gasteiger partial charge on any atom is -0.472 e. The fraction of sp³-hybridized carbons (Fsp3) is 0.656. The monoisotopic (exact) mass is 538 g/mol. The van der Waals surface area contributed by atoms with Crippen molar-refractivity contribution in [3.63, 3.8) is 0 Å². The van der Waals surface area contributed by atoms with Crippen molar-refractivity contribution in [2.24, 2.45) is 28.6 Å². The fourth-order valence-corrected chi connectivity index (χ4v) is 8.87. The number of ether oxygens (including phenoxy) is 3. The van der Waals surface area contributed by atoms with Gasteiger partial charge in [0.2, 0.25) is 0 Å². The molecule has 3 aliphatic carbocycles. The van der Waals surface area contributed by atoms with Crippen molar-refractivity contribution < 1.29 is 33.0 Å². The first-order chi connectivity index (χ1) is 18.4. The summed E-state index contributed by atoms with van der Waals surface area (Å²) in [5.41, 5.74) is 2.99. The topological polar surface area (TPSA) is 92.0 Å². The number of allylic oxidation sites excluding steroid dienone is 3. The maximum absolute atomic E-state index is 13.9. The van der Waals surface area contributed by atoms with Crippen molar-refractivity contribution >= 4 is 17.7 Å². The molecule has 4 aliphatic rings. The Morgan fingerprint density at radius 2 is 1.87 bits per heavy atom. The molecule has 0 amide bonds. The fourth-order valence-electron chi connectivity index (χ4n) is 8.87. The maximum atomic E-state index is 13.9. The number of furan rings is 1. The maximum Gasteiger partial charge on any atom is 0.308 e. The molecular weight excluding hydrogens is 496 g/mol. The van der Waals surface area contributed by atoms with E-state index in [-0.39, 0.29) is 42.1 Å². The number of esters is 2. The third-order valence-corrected chi connectivity index (χ3v) is 10.5. The normalized spacial score (nSPS) is 37.9. The van der Waals surface area contributed by atoms with Crippen molar-refractivity contribution in [3.8, 4) is 0 Å². The number of ketones is 1. The van der Waals surface area contributed by atoms with Gasteiger partial charge in [0.15, 0.2) is 5.78 Å². The van der Waals surface area contributed by atoms with Gasteiger partial charge in [-0.15, -0.1) is 0 Å². The minimum absolute atomic E-state index is 0.0371. The lowest BCUT2D eigenvalue weighted by atomic mass is 9.43. The number of methoxy groups -OCH3 is 1. The molecule has 7 heteroatoms. The van der Waals surface area contributed by atoms with Gasteiger partial charge in [0.05, 0.1) is 31.7 Å². The van der Waals surface area contributed by atoms with Crippen molar-refractivity contribution in [3.05, 3.63) is 47.0 Å². The summed E-state index contributed by atoms with van der Waals surface area (Å²) in [6.07, 6.45) is 7.45. The summed E-state index contributed by atoms with van der Waals surface area (Å²) >= 11 is 0. The second-order valence-electron chi connectivity index (χ2n) is 12.6. The highest BCUT2D eigenvalue weighted by Crippen LogP contribution is 2.69. The Balaban J connectivity index is 1.73. The summed E-state index contributed by atoms with van der Waals surface area (Å²) in [6.45, 7) is 14.2. The molecule has 1 saturated heterocycles. The molecule has 1 unspecified atom stereocenters. The highest BCUT2D eigenvalue weighted by Gasteiger charge is 2.73. The molecule has 1 saturated carbocycles. The van der Waals surface area contributed by atoms with Gasteiger partial charge in [0.1, 0.15) is 12.2 Å². The summed E-state index contributed by atoms with van der Waals surface area (Å²) in [4.78, 5) is 39.9. The average Bonchev–Trinajstić information content (AvgIpc) is 3.58.